The molecule has 4 heteroatoms. The van der Waals surface area contributed by atoms with E-state index in [9.17, 15) is 9.32 Å². The van der Waals surface area contributed by atoms with Gasteiger partial charge in [0.05, 0.1) is 21.1 Å². The summed E-state index contributed by atoms with van der Waals surface area (Å²) in [6, 6.07) is 9.15. The van der Waals surface area contributed by atoms with Gasteiger partial charge in [-0.1, -0.05) is 37.3 Å². The molecule has 0 radical (unpaired) electrons. The number of aliphatic hydroxyl groups excluding tert-OH is 1. The summed E-state index contributed by atoms with van der Waals surface area (Å²) < 4.78 is 17.2. The van der Waals surface area contributed by atoms with Crippen molar-refractivity contribution in [3.05, 3.63) is 42.5 Å². The molecule has 0 aliphatic heterocycles. The van der Waals surface area contributed by atoms with Gasteiger partial charge < -0.3 is 5.11 Å². The number of aliphatic hydroxyl groups is 1. The summed E-state index contributed by atoms with van der Waals surface area (Å²) in [4.78, 5) is 0.670. The van der Waals surface area contributed by atoms with Crippen molar-refractivity contribution in [1.82, 2.24) is 0 Å². The number of rotatable bonds is 5. The molecule has 3 nitrogen and oxygen atoms in total. The Labute approximate surface area is 110 Å². The fourth-order valence-corrected chi connectivity index (χ4v) is 4.17. The number of hydrogen-bond acceptors (Lipinski definition) is 3. The molecule has 0 saturated carbocycles. The molecule has 0 spiro atoms. The Morgan fingerprint density at radius 2 is 2.00 bits per heavy atom. The highest BCUT2D eigenvalue weighted by atomic mass is 32.2. The van der Waals surface area contributed by atoms with Crippen molar-refractivity contribution in [1.29, 1.82) is 0 Å². The first kappa shape index (κ1) is 14.9. The van der Waals surface area contributed by atoms with Crippen LogP contribution in [0.3, 0.4) is 0 Å². The first-order chi connectivity index (χ1) is 8.60. The fourth-order valence-electron chi connectivity index (χ4n) is 1.87. The monoisotopic (exact) mass is 267 g/mol. The Morgan fingerprint density at radius 3 is 2.44 bits per heavy atom. The zero-order chi connectivity index (χ0) is 13.6. The molecule has 18 heavy (non-hydrogen) atoms. The summed E-state index contributed by atoms with van der Waals surface area (Å²) >= 11 is 0. The fraction of sp³-hybridized carbons (Fsp3) is 0.429. The van der Waals surface area contributed by atoms with Crippen LogP contribution in [0.5, 0.6) is 0 Å². The van der Waals surface area contributed by atoms with Crippen LogP contribution in [0.2, 0.25) is 0 Å². The van der Waals surface area contributed by atoms with E-state index in [0.29, 0.717) is 11.3 Å². The maximum atomic E-state index is 13.1. The molecular formula is C14H21NO2S. The van der Waals surface area contributed by atoms with E-state index in [4.69, 9.17) is 0 Å². The second-order valence-corrected chi connectivity index (χ2v) is 6.55. The largest absolute Gasteiger partial charge is 0.392 e. The van der Waals surface area contributed by atoms with E-state index in [1.807, 2.05) is 38.1 Å². The van der Waals surface area contributed by atoms with Gasteiger partial charge in [0.1, 0.15) is 0 Å². The molecule has 3 atom stereocenters. The Balaban J connectivity index is 3.34. The summed E-state index contributed by atoms with van der Waals surface area (Å²) in [6.07, 6.45) is 3.50. The standard InChI is InChI=1S/C14H21NO2S/c1-4-9-14(13(16)5-2)18(17,15-3)12-10-7-6-8-11-12/h4,6-11,13-14,16H,5H2,1-3H3/b9-4+/t13-,14-,18?/m1/s1. The van der Waals surface area contributed by atoms with E-state index in [0.717, 1.165) is 0 Å². The summed E-state index contributed by atoms with van der Waals surface area (Å²) in [5, 5.41) is 9.61. The smallest absolute Gasteiger partial charge is 0.0913 e. The van der Waals surface area contributed by atoms with Crippen molar-refractivity contribution in [3.8, 4) is 0 Å². The van der Waals surface area contributed by atoms with Gasteiger partial charge in [0.25, 0.3) is 0 Å². The zero-order valence-corrected chi connectivity index (χ0v) is 11.9. The Hall–Kier alpha value is -1.13. The molecule has 0 fully saturated rings. The molecule has 1 N–H and O–H groups in total. The van der Waals surface area contributed by atoms with Gasteiger partial charge in [0.2, 0.25) is 0 Å². The van der Waals surface area contributed by atoms with Crippen LogP contribution < -0.4 is 0 Å². The quantitative estimate of drug-likeness (QED) is 0.834. The van der Waals surface area contributed by atoms with Crippen LogP contribution in [0, 0.1) is 0 Å². The third-order valence-corrected chi connectivity index (χ3v) is 5.60. The van der Waals surface area contributed by atoms with Gasteiger partial charge >= 0.3 is 0 Å². The zero-order valence-electron chi connectivity index (χ0n) is 11.1. The van der Waals surface area contributed by atoms with E-state index < -0.39 is 21.1 Å². The first-order valence-electron chi connectivity index (χ1n) is 6.10. The first-order valence-corrected chi connectivity index (χ1v) is 7.68. The van der Waals surface area contributed by atoms with E-state index in [-0.39, 0.29) is 0 Å². The van der Waals surface area contributed by atoms with Gasteiger partial charge in [-0.25, -0.2) is 8.57 Å². The molecule has 0 aliphatic carbocycles. The van der Waals surface area contributed by atoms with Crippen molar-refractivity contribution in [2.45, 2.75) is 36.5 Å². The van der Waals surface area contributed by atoms with E-state index in [1.165, 1.54) is 0 Å². The molecule has 0 saturated heterocycles. The maximum absolute atomic E-state index is 13.1. The Bertz CT molecular complexity index is 502. The van der Waals surface area contributed by atoms with Crippen LogP contribution in [-0.2, 0) is 9.73 Å². The summed E-state index contributed by atoms with van der Waals surface area (Å²) in [6.45, 7) is 3.73. The molecule has 1 aromatic rings. The summed E-state index contributed by atoms with van der Waals surface area (Å²) in [7, 11) is -1.08. The average molecular weight is 267 g/mol. The molecule has 0 heterocycles. The Morgan fingerprint density at radius 1 is 1.39 bits per heavy atom. The van der Waals surface area contributed by atoms with Gasteiger partial charge in [-0.2, -0.15) is 0 Å². The number of allylic oxidation sites excluding steroid dienone is 1. The maximum Gasteiger partial charge on any atom is 0.0913 e. The molecule has 0 bridgehead atoms. The van der Waals surface area contributed by atoms with Gasteiger partial charge in [-0.3, -0.25) is 0 Å². The molecule has 0 aromatic heterocycles. The molecule has 0 amide bonds. The SMILES string of the molecule is C/C=C/[C@H]([C@H](O)CC)S(=O)(=NC)c1ccccc1. The van der Waals surface area contributed by atoms with E-state index in [1.54, 1.807) is 25.3 Å². The van der Waals surface area contributed by atoms with Gasteiger partial charge in [-0.05, 0) is 25.5 Å². The second-order valence-electron chi connectivity index (χ2n) is 4.03. The molecule has 100 valence electrons. The van der Waals surface area contributed by atoms with Gasteiger partial charge in [0, 0.05) is 11.9 Å². The van der Waals surface area contributed by atoms with Crippen LogP contribution in [0.15, 0.2) is 51.7 Å². The van der Waals surface area contributed by atoms with E-state index >= 15 is 0 Å². The summed E-state index contributed by atoms with van der Waals surface area (Å²) in [5.74, 6) is 0. The molecule has 1 rings (SSSR count). The number of hydrogen-bond donors (Lipinski definition) is 1. The molecule has 0 aliphatic rings. The van der Waals surface area contributed by atoms with Crippen LogP contribution in [-0.4, -0.2) is 27.7 Å². The lowest BCUT2D eigenvalue weighted by Crippen LogP contribution is -2.32. The van der Waals surface area contributed by atoms with Crippen molar-refractivity contribution < 1.29 is 9.32 Å². The minimum absolute atomic E-state index is 0.472. The van der Waals surface area contributed by atoms with Crippen molar-refractivity contribution >= 4 is 9.73 Å². The predicted octanol–water partition coefficient (Wildman–Crippen LogP) is 2.86. The summed E-state index contributed by atoms with van der Waals surface area (Å²) in [5.41, 5.74) is 0. The third-order valence-electron chi connectivity index (χ3n) is 2.90. The topological polar surface area (TPSA) is 49.7 Å². The second kappa shape index (κ2) is 6.71. The third kappa shape index (κ3) is 3.00. The lowest BCUT2D eigenvalue weighted by atomic mass is 10.2. The highest BCUT2D eigenvalue weighted by Gasteiger charge is 2.28. The molecule has 1 unspecified atom stereocenters. The van der Waals surface area contributed by atoms with Crippen molar-refractivity contribution in [3.63, 3.8) is 0 Å². The molecular weight excluding hydrogens is 246 g/mol. The lowest BCUT2D eigenvalue weighted by Gasteiger charge is -2.22. The molecule has 1 aromatic carbocycles. The van der Waals surface area contributed by atoms with E-state index in [2.05, 4.69) is 4.36 Å². The van der Waals surface area contributed by atoms with Crippen LogP contribution >= 0.6 is 0 Å². The van der Waals surface area contributed by atoms with Gasteiger partial charge in [-0.15, -0.1) is 0 Å². The lowest BCUT2D eigenvalue weighted by molar-refractivity contribution is 0.177. The van der Waals surface area contributed by atoms with Gasteiger partial charge in [0.15, 0.2) is 0 Å². The van der Waals surface area contributed by atoms with Crippen LogP contribution in [0.25, 0.3) is 0 Å². The highest BCUT2D eigenvalue weighted by molar-refractivity contribution is 7.94. The number of nitrogens with zero attached hydrogens (tertiary/aromatic N) is 1. The minimum Gasteiger partial charge on any atom is -0.392 e. The highest BCUT2D eigenvalue weighted by Crippen LogP contribution is 2.23. The van der Waals surface area contributed by atoms with Crippen molar-refractivity contribution in [2.24, 2.45) is 4.36 Å². The minimum atomic E-state index is -2.63. The van der Waals surface area contributed by atoms with Crippen LogP contribution in [0.1, 0.15) is 20.3 Å². The normalized spacial score (nSPS) is 18.2. The Kier molecular flexibility index (Phi) is 5.56. The average Bonchev–Trinajstić information content (AvgIpc) is 2.44. The van der Waals surface area contributed by atoms with Crippen LogP contribution in [0.4, 0.5) is 0 Å². The van der Waals surface area contributed by atoms with Crippen molar-refractivity contribution in [2.75, 3.05) is 7.05 Å². The number of benzene rings is 1. The predicted molar refractivity (Wildman–Crippen MR) is 76.1 cm³/mol.